The van der Waals surface area contributed by atoms with E-state index in [1.54, 1.807) is 4.57 Å². The number of aromatic nitrogens is 2. The van der Waals surface area contributed by atoms with Gasteiger partial charge < -0.3 is 28.3 Å². The fourth-order valence-electron chi connectivity index (χ4n) is 5.00. The van der Waals surface area contributed by atoms with E-state index < -0.39 is 17.7 Å². The summed E-state index contributed by atoms with van der Waals surface area (Å²) in [7, 11) is 0. The molecule has 174 valence electrons. The van der Waals surface area contributed by atoms with Gasteiger partial charge in [0.15, 0.2) is 11.6 Å². The topological polar surface area (TPSA) is 81.0 Å². The van der Waals surface area contributed by atoms with Crippen LogP contribution in [0.2, 0.25) is 0 Å². The maximum atomic E-state index is 13.2. The number of hydrogen-bond donors (Lipinski definition) is 0. The molecular formula is C24H32N2O6. The fraction of sp³-hybridized carbons (Fsp3) is 0.667. The van der Waals surface area contributed by atoms with Crippen molar-refractivity contribution in [1.82, 2.24) is 9.55 Å². The minimum absolute atomic E-state index is 0.000956. The second kappa shape index (κ2) is 7.25. The van der Waals surface area contributed by atoms with Crippen LogP contribution in [0.4, 0.5) is 0 Å². The predicted octanol–water partition coefficient (Wildman–Crippen LogP) is 3.13. The van der Waals surface area contributed by atoms with Crippen molar-refractivity contribution in [3.63, 3.8) is 0 Å². The molecule has 0 radical (unpaired) electrons. The predicted molar refractivity (Wildman–Crippen MR) is 118 cm³/mol. The van der Waals surface area contributed by atoms with E-state index in [-0.39, 0.29) is 35.7 Å². The van der Waals surface area contributed by atoms with Gasteiger partial charge in [0, 0.05) is 6.54 Å². The Hall–Kier alpha value is -2.00. The zero-order valence-electron chi connectivity index (χ0n) is 19.6. The van der Waals surface area contributed by atoms with E-state index in [2.05, 4.69) is 24.9 Å². The minimum Gasteiger partial charge on any atom is -0.471 e. The van der Waals surface area contributed by atoms with Gasteiger partial charge in [-0.1, -0.05) is 26.0 Å². The van der Waals surface area contributed by atoms with Crippen LogP contribution in [-0.4, -0.2) is 52.7 Å². The first-order valence-corrected chi connectivity index (χ1v) is 11.3. The standard InChI is InChI=1S/C24H32N2O6/c1-22(2)10-11-26-18-14(22)8-7-9-15(18)25-20(21(26)27)28-12-16-19(32-24(5,6)31-16)17-13-29-23(3,4)30-17/h7-9,16-17,19H,10-13H2,1-6H3. The molecule has 4 heterocycles. The van der Waals surface area contributed by atoms with Crippen LogP contribution in [0.3, 0.4) is 0 Å². The van der Waals surface area contributed by atoms with Crippen LogP contribution >= 0.6 is 0 Å². The molecule has 2 fully saturated rings. The average Bonchev–Trinajstić information content (AvgIpc) is 3.22. The summed E-state index contributed by atoms with van der Waals surface area (Å²) in [5, 5.41) is 0. The van der Waals surface area contributed by atoms with Crippen molar-refractivity contribution in [2.75, 3.05) is 13.2 Å². The smallest absolute Gasteiger partial charge is 0.313 e. The molecule has 3 aliphatic rings. The zero-order chi connectivity index (χ0) is 22.9. The van der Waals surface area contributed by atoms with Gasteiger partial charge in [0.1, 0.15) is 24.9 Å². The number of hydrogen-bond acceptors (Lipinski definition) is 7. The second-order valence-corrected chi connectivity index (χ2v) is 10.5. The number of rotatable bonds is 4. The summed E-state index contributed by atoms with van der Waals surface area (Å²) in [5.41, 5.74) is 2.60. The molecular weight excluding hydrogens is 412 g/mol. The quantitative estimate of drug-likeness (QED) is 0.717. The Morgan fingerprint density at radius 2 is 1.88 bits per heavy atom. The normalized spacial score (nSPS) is 30.0. The number of benzene rings is 1. The molecule has 0 bridgehead atoms. The van der Waals surface area contributed by atoms with E-state index in [1.165, 1.54) is 0 Å². The van der Waals surface area contributed by atoms with E-state index in [9.17, 15) is 4.79 Å². The number of aryl methyl sites for hydroxylation is 1. The molecule has 0 N–H and O–H groups in total. The maximum Gasteiger partial charge on any atom is 0.313 e. The van der Waals surface area contributed by atoms with Crippen molar-refractivity contribution in [3.8, 4) is 5.88 Å². The molecule has 8 nitrogen and oxygen atoms in total. The van der Waals surface area contributed by atoms with Gasteiger partial charge in [0.2, 0.25) is 0 Å². The Labute approximate surface area is 187 Å². The van der Waals surface area contributed by atoms with Gasteiger partial charge in [0.05, 0.1) is 17.6 Å². The van der Waals surface area contributed by atoms with Gasteiger partial charge in [-0.2, -0.15) is 0 Å². The molecule has 0 amide bonds. The lowest BCUT2D eigenvalue weighted by atomic mass is 9.79. The summed E-state index contributed by atoms with van der Waals surface area (Å²) in [5.74, 6) is -1.36. The molecule has 8 heteroatoms. The molecule has 2 aromatic rings. The lowest BCUT2D eigenvalue weighted by Crippen LogP contribution is -2.41. The Kier molecular flexibility index (Phi) is 4.94. The molecule has 1 aromatic carbocycles. The number of ether oxygens (including phenoxy) is 5. The highest BCUT2D eigenvalue weighted by Gasteiger charge is 2.50. The van der Waals surface area contributed by atoms with Crippen molar-refractivity contribution < 1.29 is 23.7 Å². The fourth-order valence-corrected chi connectivity index (χ4v) is 5.00. The summed E-state index contributed by atoms with van der Waals surface area (Å²) in [4.78, 5) is 17.8. The summed E-state index contributed by atoms with van der Waals surface area (Å²) in [6.07, 6.45) is -0.193. The van der Waals surface area contributed by atoms with E-state index in [4.69, 9.17) is 23.7 Å². The van der Waals surface area contributed by atoms with Crippen molar-refractivity contribution in [3.05, 3.63) is 34.1 Å². The lowest BCUT2D eigenvalue weighted by molar-refractivity contribution is -0.174. The first kappa shape index (κ1) is 21.8. The summed E-state index contributed by atoms with van der Waals surface area (Å²) >= 11 is 0. The highest BCUT2D eigenvalue weighted by molar-refractivity contribution is 5.80. The highest BCUT2D eigenvalue weighted by Crippen LogP contribution is 2.37. The van der Waals surface area contributed by atoms with Crippen LogP contribution < -0.4 is 10.3 Å². The Morgan fingerprint density at radius 1 is 1.09 bits per heavy atom. The lowest BCUT2D eigenvalue weighted by Gasteiger charge is -2.32. The summed E-state index contributed by atoms with van der Waals surface area (Å²) in [6, 6.07) is 6.00. The van der Waals surface area contributed by atoms with Crippen molar-refractivity contribution in [2.24, 2.45) is 0 Å². The first-order chi connectivity index (χ1) is 15.0. The number of para-hydroxylation sites is 1. The molecule has 32 heavy (non-hydrogen) atoms. The molecule has 3 unspecified atom stereocenters. The van der Waals surface area contributed by atoms with Crippen molar-refractivity contribution >= 4 is 11.0 Å². The average molecular weight is 445 g/mol. The van der Waals surface area contributed by atoms with Crippen molar-refractivity contribution in [2.45, 2.75) is 89.8 Å². The first-order valence-electron chi connectivity index (χ1n) is 11.3. The van der Waals surface area contributed by atoms with Crippen LogP contribution in [0.15, 0.2) is 23.0 Å². The van der Waals surface area contributed by atoms with Crippen LogP contribution in [0.1, 0.15) is 53.5 Å². The SMILES string of the molecule is CC1(C)OCC(C2OC(C)(C)OC2COc2nc3cccc4c3n(c2=O)CCC4(C)C)O1. The molecule has 3 atom stereocenters. The molecule has 3 aliphatic heterocycles. The van der Waals surface area contributed by atoms with E-state index in [0.29, 0.717) is 13.2 Å². The van der Waals surface area contributed by atoms with Crippen LogP contribution in [-0.2, 0) is 30.9 Å². The molecule has 2 saturated heterocycles. The zero-order valence-corrected chi connectivity index (χ0v) is 19.6. The Morgan fingerprint density at radius 3 is 2.59 bits per heavy atom. The molecule has 1 aromatic heterocycles. The van der Waals surface area contributed by atoms with Gasteiger partial charge in [-0.15, -0.1) is 0 Å². The van der Waals surface area contributed by atoms with E-state index >= 15 is 0 Å². The summed E-state index contributed by atoms with van der Waals surface area (Å²) < 4.78 is 31.7. The van der Waals surface area contributed by atoms with Gasteiger partial charge in [-0.3, -0.25) is 4.79 Å². The maximum absolute atomic E-state index is 13.2. The molecule has 0 spiro atoms. The highest BCUT2D eigenvalue weighted by atomic mass is 16.8. The van der Waals surface area contributed by atoms with Crippen LogP contribution in [0, 0.1) is 0 Å². The van der Waals surface area contributed by atoms with Crippen LogP contribution in [0.5, 0.6) is 5.88 Å². The Balaban J connectivity index is 1.42. The molecule has 0 aliphatic carbocycles. The number of nitrogens with zero attached hydrogens (tertiary/aromatic N) is 2. The minimum atomic E-state index is -0.785. The van der Waals surface area contributed by atoms with Crippen molar-refractivity contribution in [1.29, 1.82) is 0 Å². The van der Waals surface area contributed by atoms with Gasteiger partial charge >= 0.3 is 5.56 Å². The van der Waals surface area contributed by atoms with Gasteiger partial charge in [-0.05, 0) is 51.2 Å². The third-order valence-corrected chi connectivity index (χ3v) is 6.63. The third-order valence-electron chi connectivity index (χ3n) is 6.63. The second-order valence-electron chi connectivity index (χ2n) is 10.5. The molecule has 5 rings (SSSR count). The Bertz CT molecular complexity index is 1110. The van der Waals surface area contributed by atoms with Gasteiger partial charge in [0.25, 0.3) is 5.88 Å². The summed E-state index contributed by atoms with van der Waals surface area (Å²) in [6.45, 7) is 13.1. The monoisotopic (exact) mass is 444 g/mol. The third kappa shape index (κ3) is 3.73. The van der Waals surface area contributed by atoms with E-state index in [1.807, 2.05) is 39.8 Å². The molecule has 0 saturated carbocycles. The van der Waals surface area contributed by atoms with Gasteiger partial charge in [-0.25, -0.2) is 4.98 Å². The largest absolute Gasteiger partial charge is 0.471 e. The van der Waals surface area contributed by atoms with Crippen LogP contribution in [0.25, 0.3) is 11.0 Å². The van der Waals surface area contributed by atoms with E-state index in [0.717, 1.165) is 23.0 Å².